The summed E-state index contributed by atoms with van der Waals surface area (Å²) in [5, 5.41) is 15.4. The fourth-order valence-electron chi connectivity index (χ4n) is 4.06. The molecule has 0 radical (unpaired) electrons. The maximum Gasteiger partial charge on any atom is 0.315 e. The predicted molar refractivity (Wildman–Crippen MR) is 115 cm³/mol. The van der Waals surface area contributed by atoms with Crippen LogP contribution in [0.25, 0.3) is 11.0 Å². The van der Waals surface area contributed by atoms with Crippen molar-refractivity contribution in [2.45, 2.75) is 50.3 Å². The molecule has 1 heterocycles. The number of aliphatic hydroxyl groups excluding tert-OH is 1. The molecule has 2 amide bonds. The second-order valence-corrected chi connectivity index (χ2v) is 8.09. The van der Waals surface area contributed by atoms with Gasteiger partial charge in [-0.25, -0.2) is 18.6 Å². The minimum atomic E-state index is -0.797. The van der Waals surface area contributed by atoms with Crippen LogP contribution in [0.5, 0.6) is 5.75 Å². The molecule has 3 aromatic rings. The van der Waals surface area contributed by atoms with Crippen molar-refractivity contribution < 1.29 is 23.4 Å². The average Bonchev–Trinajstić information content (AvgIpc) is 3.21. The Hall–Kier alpha value is -3.20. The fourth-order valence-corrected chi connectivity index (χ4v) is 4.06. The summed E-state index contributed by atoms with van der Waals surface area (Å²) in [6.45, 7) is 0. The lowest BCUT2D eigenvalue weighted by molar-refractivity contribution is 0.117. The number of H-pyrrole nitrogens is 1. The van der Waals surface area contributed by atoms with Crippen molar-refractivity contribution in [3.8, 4) is 5.75 Å². The van der Waals surface area contributed by atoms with Crippen LogP contribution in [0.4, 0.5) is 13.6 Å². The van der Waals surface area contributed by atoms with Crippen LogP contribution in [0.3, 0.4) is 0 Å². The Morgan fingerprint density at radius 2 is 1.91 bits per heavy atom. The number of fused-ring (bicyclic) bond motifs is 1. The van der Waals surface area contributed by atoms with Crippen molar-refractivity contribution in [1.82, 2.24) is 20.6 Å². The fraction of sp³-hybridized carbons (Fsp3) is 0.391. The lowest BCUT2D eigenvalue weighted by Gasteiger charge is -2.27. The van der Waals surface area contributed by atoms with Crippen LogP contribution in [-0.2, 0) is 6.42 Å². The molecule has 1 aliphatic rings. The second kappa shape index (κ2) is 9.52. The molecular weight excluding hydrogens is 418 g/mol. The van der Waals surface area contributed by atoms with Crippen LogP contribution in [0.15, 0.2) is 36.4 Å². The summed E-state index contributed by atoms with van der Waals surface area (Å²) in [5.74, 6) is -1.04. The van der Waals surface area contributed by atoms with Gasteiger partial charge in [-0.15, -0.1) is 0 Å². The molecule has 9 heteroatoms. The topological polar surface area (TPSA) is 99.3 Å². The molecule has 0 saturated heterocycles. The highest BCUT2D eigenvalue weighted by molar-refractivity contribution is 5.76. The minimum absolute atomic E-state index is 0.0656. The number of nitrogens with zero attached hydrogens (tertiary/aromatic N) is 1. The number of hydrogen-bond acceptors (Lipinski definition) is 4. The molecule has 0 aliphatic heterocycles. The molecule has 1 aliphatic carbocycles. The van der Waals surface area contributed by atoms with Crippen LogP contribution in [0.1, 0.15) is 43.1 Å². The maximum absolute atomic E-state index is 14.6. The molecule has 0 spiro atoms. The van der Waals surface area contributed by atoms with E-state index >= 15 is 0 Å². The SMILES string of the molecule is COc1cc(F)c(C[C@@H](NC(=O)NC2CCC(O)CC2)c2nc3ccccc3[nH]2)c(F)c1. The van der Waals surface area contributed by atoms with Crippen molar-refractivity contribution in [3.05, 3.63) is 59.4 Å². The van der Waals surface area contributed by atoms with E-state index in [0.29, 0.717) is 37.0 Å². The largest absolute Gasteiger partial charge is 0.497 e. The van der Waals surface area contributed by atoms with Gasteiger partial charge in [-0.2, -0.15) is 0 Å². The van der Waals surface area contributed by atoms with E-state index in [1.165, 1.54) is 7.11 Å². The Morgan fingerprint density at radius 3 is 2.56 bits per heavy atom. The summed E-state index contributed by atoms with van der Waals surface area (Å²) in [6.07, 6.45) is 2.12. The van der Waals surface area contributed by atoms with Crippen LogP contribution < -0.4 is 15.4 Å². The van der Waals surface area contributed by atoms with Crippen LogP contribution in [-0.4, -0.2) is 40.4 Å². The average molecular weight is 444 g/mol. The molecule has 2 aromatic carbocycles. The Kier molecular flexibility index (Phi) is 6.55. The zero-order chi connectivity index (χ0) is 22.7. The van der Waals surface area contributed by atoms with Gasteiger partial charge in [-0.1, -0.05) is 12.1 Å². The van der Waals surface area contributed by atoms with Gasteiger partial charge in [0.2, 0.25) is 0 Å². The molecule has 4 rings (SSSR count). The Morgan fingerprint density at radius 1 is 1.22 bits per heavy atom. The molecular formula is C23H26F2N4O3. The van der Waals surface area contributed by atoms with Gasteiger partial charge < -0.3 is 25.5 Å². The zero-order valence-electron chi connectivity index (χ0n) is 17.7. The number of carbonyl (C=O) groups excluding carboxylic acids is 1. The number of benzene rings is 2. The number of aromatic nitrogens is 2. The summed E-state index contributed by atoms with van der Waals surface area (Å²) in [4.78, 5) is 20.4. The quantitative estimate of drug-likeness (QED) is 0.466. The van der Waals surface area contributed by atoms with Crippen LogP contribution in [0.2, 0.25) is 0 Å². The van der Waals surface area contributed by atoms with E-state index < -0.39 is 23.7 Å². The van der Waals surface area contributed by atoms with E-state index in [4.69, 9.17) is 4.74 Å². The van der Waals surface area contributed by atoms with Gasteiger partial charge in [0.1, 0.15) is 23.2 Å². The van der Waals surface area contributed by atoms with E-state index in [1.54, 1.807) is 0 Å². The molecule has 1 saturated carbocycles. The standard InChI is InChI=1S/C23H26F2N4O3/c1-32-15-10-17(24)16(18(25)11-15)12-21(22-27-19-4-2-3-5-20(19)28-22)29-23(31)26-13-6-8-14(30)9-7-13/h2-5,10-11,13-14,21,30H,6-9,12H2,1H3,(H,27,28)(H2,26,29,31)/t13?,14?,21-/m1/s1. The lowest BCUT2D eigenvalue weighted by atomic mass is 9.93. The number of urea groups is 1. The van der Waals surface area contributed by atoms with E-state index in [9.17, 15) is 18.7 Å². The first-order chi connectivity index (χ1) is 15.4. The van der Waals surface area contributed by atoms with Gasteiger partial charge in [0.05, 0.1) is 30.3 Å². The number of aliphatic hydroxyl groups is 1. The van der Waals surface area contributed by atoms with Crippen LogP contribution in [0, 0.1) is 11.6 Å². The molecule has 1 aromatic heterocycles. The molecule has 0 unspecified atom stereocenters. The predicted octanol–water partition coefficient (Wildman–Crippen LogP) is 3.74. The highest BCUT2D eigenvalue weighted by Crippen LogP contribution is 2.26. The lowest BCUT2D eigenvalue weighted by Crippen LogP contribution is -2.45. The zero-order valence-corrected chi connectivity index (χ0v) is 17.7. The van der Waals surface area contributed by atoms with E-state index in [0.717, 1.165) is 17.6 Å². The van der Waals surface area contributed by atoms with E-state index in [1.807, 2.05) is 24.3 Å². The molecule has 7 nitrogen and oxygen atoms in total. The summed E-state index contributed by atoms with van der Waals surface area (Å²) >= 11 is 0. The van der Waals surface area contributed by atoms with Crippen molar-refractivity contribution in [2.24, 2.45) is 0 Å². The number of hydrogen-bond donors (Lipinski definition) is 4. The third-order valence-electron chi connectivity index (χ3n) is 5.83. The molecule has 4 N–H and O–H groups in total. The molecule has 0 bridgehead atoms. The molecule has 32 heavy (non-hydrogen) atoms. The Balaban J connectivity index is 1.57. The number of halogens is 2. The summed E-state index contributed by atoms with van der Waals surface area (Å²) in [5.41, 5.74) is 1.27. The van der Waals surface area contributed by atoms with E-state index in [-0.39, 0.29) is 29.9 Å². The number of nitrogens with one attached hydrogen (secondary N) is 3. The number of carbonyl (C=O) groups is 1. The number of aromatic amines is 1. The molecule has 1 fully saturated rings. The highest BCUT2D eigenvalue weighted by atomic mass is 19.1. The van der Waals surface area contributed by atoms with Gasteiger partial charge in [0.15, 0.2) is 0 Å². The first-order valence-corrected chi connectivity index (χ1v) is 10.6. The van der Waals surface area contributed by atoms with Crippen LogP contribution >= 0.6 is 0 Å². The minimum Gasteiger partial charge on any atom is -0.497 e. The number of imidazole rings is 1. The van der Waals surface area contributed by atoms with Gasteiger partial charge in [-0.3, -0.25) is 0 Å². The summed E-state index contributed by atoms with van der Waals surface area (Å²) in [6, 6.07) is 8.24. The van der Waals surface area contributed by atoms with Gasteiger partial charge >= 0.3 is 6.03 Å². The first-order valence-electron chi connectivity index (χ1n) is 10.6. The number of methoxy groups -OCH3 is 1. The smallest absolute Gasteiger partial charge is 0.315 e. The number of ether oxygens (including phenoxy) is 1. The van der Waals surface area contributed by atoms with Crippen molar-refractivity contribution >= 4 is 17.1 Å². The third-order valence-corrected chi connectivity index (χ3v) is 5.83. The van der Waals surface area contributed by atoms with Gasteiger partial charge in [0, 0.05) is 30.2 Å². The number of amides is 2. The normalized spacial score (nSPS) is 19.5. The maximum atomic E-state index is 14.6. The van der Waals surface area contributed by atoms with Crippen molar-refractivity contribution in [3.63, 3.8) is 0 Å². The summed E-state index contributed by atoms with van der Waals surface area (Å²) < 4.78 is 34.2. The Labute approximate surface area is 184 Å². The second-order valence-electron chi connectivity index (χ2n) is 8.09. The van der Waals surface area contributed by atoms with Gasteiger partial charge in [-0.05, 0) is 37.8 Å². The number of para-hydroxylation sites is 2. The van der Waals surface area contributed by atoms with Crippen molar-refractivity contribution in [2.75, 3.05) is 7.11 Å². The van der Waals surface area contributed by atoms with E-state index in [2.05, 4.69) is 20.6 Å². The van der Waals surface area contributed by atoms with Crippen molar-refractivity contribution in [1.29, 1.82) is 0 Å². The Bertz CT molecular complexity index is 1040. The number of rotatable bonds is 6. The summed E-state index contributed by atoms with van der Waals surface area (Å²) in [7, 11) is 1.33. The first kappa shape index (κ1) is 22.0. The molecule has 170 valence electrons. The highest BCUT2D eigenvalue weighted by Gasteiger charge is 2.26. The molecule has 1 atom stereocenters. The monoisotopic (exact) mass is 444 g/mol. The third kappa shape index (κ3) is 4.99. The van der Waals surface area contributed by atoms with Gasteiger partial charge in [0.25, 0.3) is 0 Å².